The van der Waals surface area contributed by atoms with Crippen LogP contribution < -0.4 is 0 Å². The van der Waals surface area contributed by atoms with Crippen LogP contribution in [0.5, 0.6) is 0 Å². The molecule has 1 nitrogen and oxygen atoms in total. The fourth-order valence-corrected chi connectivity index (χ4v) is 11.1. The molecule has 0 atom stereocenters. The molecule has 0 aromatic heterocycles. The molecule has 0 aromatic rings. The molecule has 1 rings (SSSR count). The quantitative estimate of drug-likeness (QED) is 0.245. The Kier molecular flexibility index (Phi) is 3.62. The van der Waals surface area contributed by atoms with Gasteiger partial charge in [0.05, 0.1) is 0 Å². The predicted octanol–water partition coefficient (Wildman–Crippen LogP) is 6.70. The Labute approximate surface area is 123 Å². The van der Waals surface area contributed by atoms with Crippen molar-refractivity contribution < 1.29 is 8.19 Å². The Morgan fingerprint density at radius 3 is 1.59 bits per heavy atom. The Balaban J connectivity index is 0.000000557. The summed E-state index contributed by atoms with van der Waals surface area (Å²) in [4.78, 5) is 8.12. The van der Waals surface area contributed by atoms with Gasteiger partial charge in [-0.25, -0.2) is 0 Å². The van der Waals surface area contributed by atoms with Crippen LogP contribution in [0.2, 0.25) is 27.2 Å². The summed E-state index contributed by atoms with van der Waals surface area (Å²) >= 11 is 5.52. The van der Waals surface area contributed by atoms with Crippen LogP contribution in [0.3, 0.4) is 0 Å². The van der Waals surface area contributed by atoms with Crippen molar-refractivity contribution in [3.05, 3.63) is 22.3 Å². The van der Waals surface area contributed by atoms with Crippen molar-refractivity contribution >= 4 is 47.3 Å². The Morgan fingerprint density at radius 1 is 1.12 bits per heavy atom. The van der Waals surface area contributed by atoms with Gasteiger partial charge in [0.15, 0.2) is 0 Å². The molecule has 0 unspecified atom stereocenters. The molecule has 0 radical (unpaired) electrons. The van der Waals surface area contributed by atoms with Crippen LogP contribution >= 0.6 is 47.3 Å². The number of allylic oxidation sites excluding steroid dienone is 4. The van der Waals surface area contributed by atoms with E-state index in [0.29, 0.717) is 0 Å². The molecule has 0 fully saturated rings. The second-order valence-electron chi connectivity index (χ2n) is 7.66. The van der Waals surface area contributed by atoms with Crippen LogP contribution in [0.25, 0.3) is 0 Å². The molecule has 0 saturated carbocycles. The number of halogens is 2. The van der Waals surface area contributed by atoms with Gasteiger partial charge in [0.1, 0.15) is 0 Å². The van der Waals surface area contributed by atoms with Crippen molar-refractivity contribution in [2.24, 2.45) is 0 Å². The van der Waals surface area contributed by atoms with Crippen molar-refractivity contribution in [2.75, 3.05) is 13.3 Å². The molecular formula is C12H27I2IrOP. The summed E-state index contributed by atoms with van der Waals surface area (Å²) in [6, 6.07) is 0. The first kappa shape index (κ1) is 19.0. The van der Waals surface area contributed by atoms with Crippen LogP contribution in [0.15, 0.2) is 22.3 Å². The zero-order valence-electron chi connectivity index (χ0n) is 11.9. The van der Waals surface area contributed by atoms with E-state index in [2.05, 4.69) is 84.6 Å². The number of hydrogen-bond acceptors (Lipinski definition) is 1. The van der Waals surface area contributed by atoms with E-state index in [1.165, 1.54) is 0 Å². The maximum absolute atomic E-state index is 8.12. The molecule has 0 bridgehead atoms. The van der Waals surface area contributed by atoms with Gasteiger partial charge in [-0.3, -0.25) is 0 Å². The van der Waals surface area contributed by atoms with Crippen LogP contribution in [0, 0.1) is 0 Å². The predicted molar refractivity (Wildman–Crippen MR) is 100 cm³/mol. The third-order valence-electron chi connectivity index (χ3n) is 1.94. The average molecular weight is 664 g/mol. The van der Waals surface area contributed by atoms with Crippen LogP contribution in [0.1, 0.15) is 6.42 Å². The van der Waals surface area contributed by atoms with Gasteiger partial charge in [-0.15, -0.1) is 0 Å². The third-order valence-corrected chi connectivity index (χ3v) is 19.2. The van der Waals surface area contributed by atoms with E-state index >= 15 is 0 Å². The summed E-state index contributed by atoms with van der Waals surface area (Å²) in [5, 5.41) is 0. The van der Waals surface area contributed by atoms with Crippen molar-refractivity contribution in [2.45, 2.75) is 33.6 Å². The Bertz CT molecular complexity index is 392. The van der Waals surface area contributed by atoms with Crippen molar-refractivity contribution in [1.82, 2.24) is 0 Å². The Morgan fingerprint density at radius 2 is 1.47 bits per heavy atom. The molecule has 5 heteroatoms. The van der Waals surface area contributed by atoms with E-state index in [4.69, 9.17) is 4.89 Å². The average Bonchev–Trinajstić information content (AvgIpc) is 2.24. The molecule has 0 amide bonds. The summed E-state index contributed by atoms with van der Waals surface area (Å²) in [5.41, 5.74) is 12.4. The first-order valence-electron chi connectivity index (χ1n) is 4.90. The molecule has 1 aliphatic carbocycles. The zero-order chi connectivity index (χ0) is 14.3. The molecule has 1 N–H and O–H groups in total. The molecule has 109 valence electrons. The normalized spacial score (nSPS) is 24.8. The fourth-order valence-electron chi connectivity index (χ4n) is 1.12. The standard InChI is InChI=1S/C5H5.C2H7OP.5CH3.2HI.Ir/c1-2-4-5-3-1;1-4(2)3;;;;;;;;/h1-3H,4H2;3H,1-2H3;5*1H3;2*1H;/q;;;;;;;;;+2/p-2. The van der Waals surface area contributed by atoms with Crippen molar-refractivity contribution in [3.8, 4) is 0 Å². The maximum atomic E-state index is 8.12. The molecule has 0 spiro atoms. The summed E-state index contributed by atoms with van der Waals surface area (Å²) in [7, 11) is -0.620. The van der Waals surface area contributed by atoms with Crippen molar-refractivity contribution in [3.63, 3.8) is 0 Å². The van der Waals surface area contributed by atoms with Crippen molar-refractivity contribution in [1.29, 1.82) is 0 Å². The van der Waals surface area contributed by atoms with Gasteiger partial charge >= 0.3 is 98.4 Å². The number of rotatable bonds is 1. The van der Waals surface area contributed by atoms with E-state index < -0.39 is 11.4 Å². The third kappa shape index (κ3) is 8.69. The van der Waals surface area contributed by atoms with E-state index in [-0.39, 0.29) is 0 Å². The first-order valence-corrected chi connectivity index (χ1v) is 33.8. The van der Waals surface area contributed by atoms with Gasteiger partial charge in [0, 0.05) is 8.15 Å². The zero-order valence-corrected chi connectivity index (χ0v) is 19.5. The van der Waals surface area contributed by atoms with Gasteiger partial charge in [-0.1, -0.05) is 0 Å². The molecule has 0 heterocycles. The first-order chi connectivity index (χ1) is 6.73. The monoisotopic (exact) mass is 665 g/mol. The van der Waals surface area contributed by atoms with Crippen LogP contribution in [0.4, 0.5) is 0 Å². The second kappa shape index (κ2) is 3.24. The van der Waals surface area contributed by atoms with Gasteiger partial charge in [-0.05, 0) is 13.3 Å². The topological polar surface area (TPSA) is 20.2 Å². The molecular weight excluding hydrogens is 637 g/mol. The minimum atomic E-state index is -3.78. The molecule has 0 saturated heterocycles. The summed E-state index contributed by atoms with van der Waals surface area (Å²) < 4.78 is -2.16. The van der Waals surface area contributed by atoms with Gasteiger partial charge in [0.25, 0.3) is 0 Å². The van der Waals surface area contributed by atoms with E-state index in [1.807, 2.05) is 0 Å². The van der Waals surface area contributed by atoms with E-state index in [9.17, 15) is 0 Å². The molecule has 17 heavy (non-hydrogen) atoms. The summed E-state index contributed by atoms with van der Waals surface area (Å²) in [6.45, 7) is 3.57. The molecule has 1 aliphatic rings. The summed E-state index contributed by atoms with van der Waals surface area (Å²) in [6.07, 6.45) is 7.90. The molecule has 0 aromatic carbocycles. The molecule has 0 aliphatic heterocycles. The van der Waals surface area contributed by atoms with Gasteiger partial charge < -0.3 is 4.89 Å². The second-order valence-corrected chi connectivity index (χ2v) is 133. The fraction of sp³-hybridized carbons (Fsp3) is 0.667. The van der Waals surface area contributed by atoms with Crippen LogP contribution in [-0.2, 0) is 3.30 Å². The van der Waals surface area contributed by atoms with Gasteiger partial charge in [0.2, 0.25) is 0 Å². The SMILES string of the molecule is CP(C)O.[CH3][Ir]([CH3])([CH3])([CH3])([CH3])([I])([I])[C]1=CC=CC1. The minimum absolute atomic E-state index is 0.620. The Hall–Kier alpha value is 1.98. The van der Waals surface area contributed by atoms with Crippen LogP contribution in [-0.4, -0.2) is 18.2 Å². The van der Waals surface area contributed by atoms with E-state index in [1.54, 1.807) is 17.4 Å². The van der Waals surface area contributed by atoms with Gasteiger partial charge in [-0.2, -0.15) is 0 Å². The van der Waals surface area contributed by atoms with E-state index in [0.717, 1.165) is 6.42 Å². The summed E-state index contributed by atoms with van der Waals surface area (Å²) in [5.74, 6) is 0. The number of hydrogen-bond donors (Lipinski definition) is 1.